The molecule has 1 amide bonds. The minimum atomic E-state index is -0.0270. The fourth-order valence-corrected chi connectivity index (χ4v) is 3.81. The third kappa shape index (κ3) is 5.26. The van der Waals surface area contributed by atoms with Crippen LogP contribution in [0, 0.1) is 5.92 Å². The second-order valence-electron chi connectivity index (χ2n) is 7.50. The number of carbonyl (C=O) groups is 1. The predicted octanol–water partition coefficient (Wildman–Crippen LogP) is 3.83. The van der Waals surface area contributed by atoms with Crippen LogP contribution >= 0.6 is 0 Å². The van der Waals surface area contributed by atoms with Crippen molar-refractivity contribution in [1.29, 1.82) is 0 Å². The highest BCUT2D eigenvalue weighted by Crippen LogP contribution is 2.30. The zero-order valence-corrected chi connectivity index (χ0v) is 17.0. The smallest absolute Gasteiger partial charge is 0.251 e. The van der Waals surface area contributed by atoms with Crippen molar-refractivity contribution in [2.24, 2.45) is 5.92 Å². The Hall–Kier alpha value is -2.53. The third-order valence-electron chi connectivity index (χ3n) is 5.37. The average molecular weight is 383 g/mol. The molecule has 1 N–H and O–H groups in total. The lowest BCUT2D eigenvalue weighted by atomic mass is 9.95. The number of rotatable bonds is 7. The summed E-state index contributed by atoms with van der Waals surface area (Å²) >= 11 is 0. The molecule has 0 aliphatic carbocycles. The minimum Gasteiger partial charge on any atom is -0.497 e. The van der Waals surface area contributed by atoms with Crippen molar-refractivity contribution >= 4 is 5.91 Å². The van der Waals surface area contributed by atoms with E-state index in [1.165, 1.54) is 19.4 Å². The number of piperidine rings is 1. The molecule has 0 radical (unpaired) electrons. The van der Waals surface area contributed by atoms with Gasteiger partial charge in [0.1, 0.15) is 11.5 Å². The molecule has 0 spiro atoms. The van der Waals surface area contributed by atoms with Gasteiger partial charge in [0.2, 0.25) is 0 Å². The van der Waals surface area contributed by atoms with Crippen LogP contribution in [0.1, 0.15) is 29.6 Å². The highest BCUT2D eigenvalue weighted by atomic mass is 16.5. The Bertz CT molecular complexity index is 784. The Labute approximate surface area is 167 Å². The van der Waals surface area contributed by atoms with Crippen LogP contribution in [0.3, 0.4) is 0 Å². The van der Waals surface area contributed by atoms with Gasteiger partial charge in [-0.15, -0.1) is 0 Å². The van der Waals surface area contributed by atoms with Gasteiger partial charge in [0, 0.05) is 24.7 Å². The average Bonchev–Trinajstić information content (AvgIpc) is 2.73. The Morgan fingerprint density at radius 2 is 1.86 bits per heavy atom. The zero-order chi connectivity index (χ0) is 19.9. The number of carbonyl (C=O) groups excluding carboxylic acids is 1. The summed E-state index contributed by atoms with van der Waals surface area (Å²) in [6.45, 7) is 3.03. The predicted molar refractivity (Wildman–Crippen MR) is 112 cm³/mol. The van der Waals surface area contributed by atoms with E-state index in [2.05, 4.69) is 17.3 Å². The molecule has 2 aromatic rings. The molecule has 1 saturated heterocycles. The van der Waals surface area contributed by atoms with Crippen LogP contribution in [-0.4, -0.2) is 51.7 Å². The number of methoxy groups -OCH3 is 2. The molecule has 0 saturated carbocycles. The summed E-state index contributed by atoms with van der Waals surface area (Å²) in [5.74, 6) is 2.10. The van der Waals surface area contributed by atoms with Gasteiger partial charge in [-0.3, -0.25) is 4.79 Å². The van der Waals surface area contributed by atoms with E-state index < -0.39 is 0 Å². The van der Waals surface area contributed by atoms with Gasteiger partial charge in [-0.05, 0) is 74.2 Å². The van der Waals surface area contributed by atoms with Crippen molar-refractivity contribution in [3.8, 4) is 22.6 Å². The van der Waals surface area contributed by atoms with Gasteiger partial charge in [-0.25, -0.2) is 0 Å². The quantitative estimate of drug-likeness (QED) is 0.791. The van der Waals surface area contributed by atoms with E-state index in [0.717, 1.165) is 35.6 Å². The van der Waals surface area contributed by atoms with Crippen LogP contribution in [0.5, 0.6) is 11.5 Å². The molecule has 1 fully saturated rings. The molecule has 28 heavy (non-hydrogen) atoms. The molecule has 5 nitrogen and oxygen atoms in total. The normalized spacial score (nSPS) is 17.2. The Balaban J connectivity index is 1.65. The maximum absolute atomic E-state index is 12.6. The zero-order valence-electron chi connectivity index (χ0n) is 17.0. The standard InChI is InChI=1S/C23H30N2O3/c1-25-11-5-6-17(16-25)9-10-24-23(26)19-8-4-7-18(12-19)20-13-21(27-2)15-22(14-20)28-3/h4,7-8,12-15,17H,5-6,9-11,16H2,1-3H3,(H,24,26)/t17-/m0/s1. The fourth-order valence-electron chi connectivity index (χ4n) is 3.81. The fraction of sp³-hybridized carbons (Fsp3) is 0.435. The first-order valence-electron chi connectivity index (χ1n) is 9.89. The molecule has 1 heterocycles. The maximum Gasteiger partial charge on any atom is 0.251 e. The minimum absolute atomic E-state index is 0.0270. The van der Waals surface area contributed by atoms with E-state index in [1.807, 2.05) is 42.5 Å². The number of nitrogens with zero attached hydrogens (tertiary/aromatic N) is 1. The van der Waals surface area contributed by atoms with Gasteiger partial charge in [0.15, 0.2) is 0 Å². The Morgan fingerprint density at radius 1 is 1.11 bits per heavy atom. The van der Waals surface area contributed by atoms with Gasteiger partial charge >= 0.3 is 0 Å². The summed E-state index contributed by atoms with van der Waals surface area (Å²) < 4.78 is 10.7. The number of ether oxygens (including phenoxy) is 2. The number of nitrogens with one attached hydrogen (secondary N) is 1. The van der Waals surface area contributed by atoms with E-state index >= 15 is 0 Å². The van der Waals surface area contributed by atoms with Crippen LogP contribution in [0.2, 0.25) is 0 Å². The topological polar surface area (TPSA) is 50.8 Å². The van der Waals surface area contributed by atoms with Crippen molar-refractivity contribution in [2.45, 2.75) is 19.3 Å². The first-order chi connectivity index (χ1) is 13.6. The molecule has 1 aliphatic rings. The molecular formula is C23H30N2O3. The molecule has 0 unspecified atom stereocenters. The molecule has 0 bridgehead atoms. The number of hydrogen-bond donors (Lipinski definition) is 1. The Kier molecular flexibility index (Phi) is 6.93. The summed E-state index contributed by atoms with van der Waals surface area (Å²) in [5, 5.41) is 3.08. The van der Waals surface area contributed by atoms with E-state index in [9.17, 15) is 4.79 Å². The molecule has 5 heteroatoms. The largest absolute Gasteiger partial charge is 0.497 e. The molecule has 1 aliphatic heterocycles. The van der Waals surface area contributed by atoms with Crippen LogP contribution in [-0.2, 0) is 0 Å². The van der Waals surface area contributed by atoms with Gasteiger partial charge in [-0.2, -0.15) is 0 Å². The lowest BCUT2D eigenvalue weighted by Crippen LogP contribution is -2.34. The molecule has 2 aromatic carbocycles. The molecular weight excluding hydrogens is 352 g/mol. The summed E-state index contributed by atoms with van der Waals surface area (Å²) in [5.41, 5.74) is 2.58. The number of hydrogen-bond acceptors (Lipinski definition) is 4. The monoisotopic (exact) mass is 382 g/mol. The van der Waals surface area contributed by atoms with E-state index in [1.54, 1.807) is 14.2 Å². The van der Waals surface area contributed by atoms with Gasteiger partial charge in [0.25, 0.3) is 5.91 Å². The van der Waals surface area contributed by atoms with Crippen LogP contribution < -0.4 is 14.8 Å². The van der Waals surface area contributed by atoms with Crippen molar-refractivity contribution in [2.75, 3.05) is 40.9 Å². The van der Waals surface area contributed by atoms with Crippen molar-refractivity contribution in [3.63, 3.8) is 0 Å². The Morgan fingerprint density at radius 3 is 2.54 bits per heavy atom. The van der Waals surface area contributed by atoms with Crippen LogP contribution in [0.25, 0.3) is 11.1 Å². The summed E-state index contributed by atoms with van der Waals surface area (Å²) in [6.07, 6.45) is 3.54. The molecule has 1 atom stereocenters. The lowest BCUT2D eigenvalue weighted by molar-refractivity contribution is 0.0948. The van der Waals surface area contributed by atoms with E-state index in [-0.39, 0.29) is 5.91 Å². The van der Waals surface area contributed by atoms with Crippen molar-refractivity contribution in [3.05, 3.63) is 48.0 Å². The molecule has 0 aromatic heterocycles. The number of likely N-dealkylation sites (tertiary alicyclic amines) is 1. The number of amides is 1. The molecule has 3 rings (SSSR count). The highest BCUT2D eigenvalue weighted by Gasteiger charge is 2.17. The second-order valence-corrected chi connectivity index (χ2v) is 7.50. The van der Waals surface area contributed by atoms with Crippen molar-refractivity contribution < 1.29 is 14.3 Å². The summed E-state index contributed by atoms with van der Waals surface area (Å²) in [4.78, 5) is 15.0. The van der Waals surface area contributed by atoms with Gasteiger partial charge < -0.3 is 19.7 Å². The van der Waals surface area contributed by atoms with Gasteiger partial charge in [-0.1, -0.05) is 12.1 Å². The van der Waals surface area contributed by atoms with Crippen molar-refractivity contribution in [1.82, 2.24) is 10.2 Å². The summed E-state index contributed by atoms with van der Waals surface area (Å²) in [7, 11) is 5.43. The van der Waals surface area contributed by atoms with Crippen LogP contribution in [0.4, 0.5) is 0 Å². The van der Waals surface area contributed by atoms with E-state index in [0.29, 0.717) is 18.0 Å². The third-order valence-corrected chi connectivity index (χ3v) is 5.37. The maximum atomic E-state index is 12.6. The first-order valence-corrected chi connectivity index (χ1v) is 9.89. The first kappa shape index (κ1) is 20.2. The molecule has 150 valence electrons. The SMILES string of the molecule is COc1cc(OC)cc(-c2cccc(C(=O)NCC[C@@H]3CCCN(C)C3)c2)c1. The second kappa shape index (κ2) is 9.60. The van der Waals surface area contributed by atoms with E-state index in [4.69, 9.17) is 9.47 Å². The van der Waals surface area contributed by atoms with Gasteiger partial charge in [0.05, 0.1) is 14.2 Å². The summed E-state index contributed by atoms with van der Waals surface area (Å²) in [6, 6.07) is 13.4. The van der Waals surface area contributed by atoms with Crippen LogP contribution in [0.15, 0.2) is 42.5 Å². The lowest BCUT2D eigenvalue weighted by Gasteiger charge is -2.29. The highest BCUT2D eigenvalue weighted by molar-refractivity contribution is 5.95. The number of benzene rings is 2.